The SMILES string of the molecule is Cc1cccnc1NCC1CCCC(C)C1. The minimum atomic E-state index is 0.838. The van der Waals surface area contributed by atoms with Crippen LogP contribution < -0.4 is 5.32 Å². The molecule has 2 rings (SSSR count). The van der Waals surface area contributed by atoms with Crippen molar-refractivity contribution < 1.29 is 0 Å². The first-order valence-electron chi connectivity index (χ1n) is 6.41. The molecule has 1 aliphatic carbocycles. The number of anilines is 1. The first-order chi connectivity index (χ1) is 7.75. The maximum Gasteiger partial charge on any atom is 0.128 e. The molecule has 2 unspecified atom stereocenters. The van der Waals surface area contributed by atoms with Crippen LogP contribution in [0.2, 0.25) is 0 Å². The van der Waals surface area contributed by atoms with Gasteiger partial charge in [-0.25, -0.2) is 4.98 Å². The number of aromatic nitrogens is 1. The third kappa shape index (κ3) is 2.97. The molecule has 2 atom stereocenters. The van der Waals surface area contributed by atoms with Gasteiger partial charge in [0.05, 0.1) is 0 Å². The Balaban J connectivity index is 1.85. The molecule has 2 heteroatoms. The van der Waals surface area contributed by atoms with Gasteiger partial charge in [0.1, 0.15) is 5.82 Å². The molecule has 1 aromatic rings. The topological polar surface area (TPSA) is 24.9 Å². The maximum absolute atomic E-state index is 4.37. The number of hydrogen-bond donors (Lipinski definition) is 1. The molecule has 1 heterocycles. The van der Waals surface area contributed by atoms with E-state index in [1.165, 1.54) is 31.2 Å². The van der Waals surface area contributed by atoms with Crippen molar-refractivity contribution >= 4 is 5.82 Å². The van der Waals surface area contributed by atoms with E-state index in [9.17, 15) is 0 Å². The van der Waals surface area contributed by atoms with Crippen molar-refractivity contribution in [1.29, 1.82) is 0 Å². The molecule has 88 valence electrons. The molecule has 1 saturated carbocycles. The van der Waals surface area contributed by atoms with Gasteiger partial charge in [0.2, 0.25) is 0 Å². The normalized spacial score (nSPS) is 25.4. The number of nitrogens with one attached hydrogen (secondary N) is 1. The Morgan fingerprint density at radius 2 is 2.31 bits per heavy atom. The summed E-state index contributed by atoms with van der Waals surface area (Å²) in [6.45, 7) is 5.57. The molecule has 0 spiro atoms. The summed E-state index contributed by atoms with van der Waals surface area (Å²) in [7, 11) is 0. The molecule has 0 saturated heterocycles. The molecular weight excluding hydrogens is 196 g/mol. The van der Waals surface area contributed by atoms with Gasteiger partial charge in [-0.2, -0.15) is 0 Å². The van der Waals surface area contributed by atoms with Crippen molar-refractivity contribution in [3.8, 4) is 0 Å². The first-order valence-corrected chi connectivity index (χ1v) is 6.41. The van der Waals surface area contributed by atoms with Crippen LogP contribution in [-0.2, 0) is 0 Å². The van der Waals surface area contributed by atoms with E-state index in [1.54, 1.807) is 0 Å². The summed E-state index contributed by atoms with van der Waals surface area (Å²) in [5.74, 6) is 2.80. The molecule has 1 fully saturated rings. The molecule has 1 aliphatic rings. The van der Waals surface area contributed by atoms with Crippen LogP contribution in [0.5, 0.6) is 0 Å². The zero-order chi connectivity index (χ0) is 11.4. The Morgan fingerprint density at radius 3 is 3.06 bits per heavy atom. The van der Waals surface area contributed by atoms with Gasteiger partial charge < -0.3 is 5.32 Å². The lowest BCUT2D eigenvalue weighted by atomic mass is 9.82. The van der Waals surface area contributed by atoms with E-state index < -0.39 is 0 Å². The Bertz CT molecular complexity index is 335. The Morgan fingerprint density at radius 1 is 1.44 bits per heavy atom. The zero-order valence-corrected chi connectivity index (χ0v) is 10.4. The average molecular weight is 218 g/mol. The second kappa shape index (κ2) is 5.33. The highest BCUT2D eigenvalue weighted by Crippen LogP contribution is 2.28. The van der Waals surface area contributed by atoms with Crippen molar-refractivity contribution in [3.63, 3.8) is 0 Å². The molecule has 0 bridgehead atoms. The summed E-state index contributed by atoms with van der Waals surface area (Å²) in [6.07, 6.45) is 7.43. The summed E-state index contributed by atoms with van der Waals surface area (Å²) in [4.78, 5) is 4.37. The van der Waals surface area contributed by atoms with Gasteiger partial charge in [-0.3, -0.25) is 0 Å². The van der Waals surface area contributed by atoms with Crippen LogP contribution in [0.1, 0.15) is 38.2 Å². The van der Waals surface area contributed by atoms with E-state index in [4.69, 9.17) is 0 Å². The van der Waals surface area contributed by atoms with E-state index >= 15 is 0 Å². The van der Waals surface area contributed by atoms with Crippen molar-refractivity contribution in [1.82, 2.24) is 4.98 Å². The monoisotopic (exact) mass is 218 g/mol. The van der Waals surface area contributed by atoms with Gasteiger partial charge in [-0.05, 0) is 43.2 Å². The van der Waals surface area contributed by atoms with Crippen molar-refractivity contribution in [2.45, 2.75) is 39.5 Å². The van der Waals surface area contributed by atoms with Crippen molar-refractivity contribution in [2.24, 2.45) is 11.8 Å². The lowest BCUT2D eigenvalue weighted by Crippen LogP contribution is -2.21. The summed E-state index contributed by atoms with van der Waals surface area (Å²) >= 11 is 0. The number of hydrogen-bond acceptors (Lipinski definition) is 2. The largest absolute Gasteiger partial charge is 0.370 e. The molecule has 2 nitrogen and oxygen atoms in total. The predicted octanol–water partition coefficient (Wildman–Crippen LogP) is 3.63. The second-order valence-electron chi connectivity index (χ2n) is 5.19. The van der Waals surface area contributed by atoms with E-state index in [0.717, 1.165) is 24.2 Å². The van der Waals surface area contributed by atoms with Gasteiger partial charge >= 0.3 is 0 Å². The highest BCUT2D eigenvalue weighted by molar-refractivity contribution is 5.42. The van der Waals surface area contributed by atoms with Crippen LogP contribution in [0.3, 0.4) is 0 Å². The van der Waals surface area contributed by atoms with Gasteiger partial charge in [0.25, 0.3) is 0 Å². The fourth-order valence-electron chi connectivity index (χ4n) is 2.66. The minimum Gasteiger partial charge on any atom is -0.370 e. The summed E-state index contributed by atoms with van der Waals surface area (Å²) in [6, 6.07) is 4.10. The molecule has 0 aromatic carbocycles. The fraction of sp³-hybridized carbons (Fsp3) is 0.643. The molecular formula is C14H22N2. The van der Waals surface area contributed by atoms with E-state index in [0.29, 0.717) is 0 Å². The molecule has 16 heavy (non-hydrogen) atoms. The number of rotatable bonds is 3. The molecule has 0 radical (unpaired) electrons. The lowest BCUT2D eigenvalue weighted by molar-refractivity contribution is 0.293. The molecule has 1 N–H and O–H groups in total. The van der Waals surface area contributed by atoms with Gasteiger partial charge in [-0.15, -0.1) is 0 Å². The molecule has 1 aromatic heterocycles. The Labute approximate surface area is 98.5 Å². The fourth-order valence-corrected chi connectivity index (χ4v) is 2.66. The zero-order valence-electron chi connectivity index (χ0n) is 10.4. The quantitative estimate of drug-likeness (QED) is 0.838. The molecule has 0 amide bonds. The summed E-state index contributed by atoms with van der Waals surface area (Å²) in [5, 5.41) is 3.49. The second-order valence-corrected chi connectivity index (χ2v) is 5.19. The highest BCUT2D eigenvalue weighted by atomic mass is 15.0. The smallest absolute Gasteiger partial charge is 0.128 e. The lowest BCUT2D eigenvalue weighted by Gasteiger charge is -2.27. The van der Waals surface area contributed by atoms with Crippen molar-refractivity contribution in [2.75, 3.05) is 11.9 Å². The Kier molecular flexibility index (Phi) is 3.81. The van der Waals surface area contributed by atoms with Gasteiger partial charge in [0.15, 0.2) is 0 Å². The van der Waals surface area contributed by atoms with Crippen LogP contribution in [0.4, 0.5) is 5.82 Å². The third-order valence-electron chi connectivity index (χ3n) is 3.61. The van der Waals surface area contributed by atoms with Crippen LogP contribution in [-0.4, -0.2) is 11.5 Å². The highest BCUT2D eigenvalue weighted by Gasteiger charge is 2.18. The van der Waals surface area contributed by atoms with E-state index in [1.807, 2.05) is 12.3 Å². The number of nitrogens with zero attached hydrogens (tertiary/aromatic N) is 1. The standard InChI is InChI=1S/C14H22N2/c1-11-5-3-7-13(9-11)10-16-14-12(2)6-4-8-15-14/h4,6,8,11,13H,3,5,7,9-10H2,1-2H3,(H,15,16). The van der Waals surface area contributed by atoms with Crippen LogP contribution in [0.25, 0.3) is 0 Å². The predicted molar refractivity (Wildman–Crippen MR) is 68.6 cm³/mol. The van der Waals surface area contributed by atoms with E-state index in [-0.39, 0.29) is 0 Å². The minimum absolute atomic E-state index is 0.838. The van der Waals surface area contributed by atoms with Crippen LogP contribution in [0, 0.1) is 18.8 Å². The van der Waals surface area contributed by atoms with Crippen LogP contribution in [0.15, 0.2) is 18.3 Å². The molecule has 0 aliphatic heterocycles. The number of aryl methyl sites for hydroxylation is 1. The van der Waals surface area contributed by atoms with Crippen LogP contribution >= 0.6 is 0 Å². The summed E-state index contributed by atoms with van der Waals surface area (Å²) < 4.78 is 0. The van der Waals surface area contributed by atoms with Gasteiger partial charge in [-0.1, -0.05) is 25.8 Å². The van der Waals surface area contributed by atoms with Gasteiger partial charge in [0, 0.05) is 12.7 Å². The maximum atomic E-state index is 4.37. The third-order valence-corrected chi connectivity index (χ3v) is 3.61. The van der Waals surface area contributed by atoms with Crippen molar-refractivity contribution in [3.05, 3.63) is 23.9 Å². The number of pyridine rings is 1. The Hall–Kier alpha value is -1.05. The average Bonchev–Trinajstić information content (AvgIpc) is 2.28. The first kappa shape index (κ1) is 11.4. The summed E-state index contributed by atoms with van der Waals surface area (Å²) in [5.41, 5.74) is 1.24. The van der Waals surface area contributed by atoms with E-state index in [2.05, 4.69) is 30.2 Å².